The van der Waals surface area contributed by atoms with Crippen molar-refractivity contribution < 1.29 is 30.8 Å². The van der Waals surface area contributed by atoms with Crippen LogP contribution in [0.4, 0.5) is 26.3 Å². The molecule has 2 rings (SSSR count). The average molecular weight is 612 g/mol. The highest BCUT2D eigenvalue weighted by atomic mass is 32.2. The third-order valence-electron chi connectivity index (χ3n) is 7.14. The molecule has 11 heteroatoms. The molecule has 0 spiro atoms. The lowest BCUT2D eigenvalue weighted by Crippen LogP contribution is -2.62. The number of rotatable bonds is 15. The molecule has 1 aromatic carbocycles. The van der Waals surface area contributed by atoms with Crippen molar-refractivity contribution in [2.45, 2.75) is 101 Å². The van der Waals surface area contributed by atoms with E-state index in [-0.39, 0.29) is 30.6 Å². The Balaban J connectivity index is 1.95. The lowest BCUT2D eigenvalue weighted by atomic mass is 9.83. The fourth-order valence-corrected chi connectivity index (χ4v) is 9.23. The van der Waals surface area contributed by atoms with Crippen LogP contribution in [0.25, 0.3) is 10.2 Å². The second kappa shape index (κ2) is 14.0. The van der Waals surface area contributed by atoms with E-state index in [1.54, 1.807) is 43.9 Å². The molecule has 0 unspecified atom stereocenters. The zero-order valence-corrected chi connectivity index (χ0v) is 25.8. The number of unbranched alkanes of at least 4 members (excludes halogenated alkanes) is 1. The van der Waals surface area contributed by atoms with Crippen molar-refractivity contribution in [2.24, 2.45) is 5.41 Å². The van der Waals surface area contributed by atoms with Gasteiger partial charge in [0.1, 0.15) is 0 Å². The molecule has 1 aromatic heterocycles. The number of aromatic nitrogens is 1. The van der Waals surface area contributed by atoms with Gasteiger partial charge in [-0.2, -0.15) is 26.3 Å². The van der Waals surface area contributed by atoms with Crippen molar-refractivity contribution in [3.63, 3.8) is 0 Å². The molecule has 0 fully saturated rings. The molecule has 0 saturated carbocycles. The van der Waals surface area contributed by atoms with Gasteiger partial charge in [0.05, 0.1) is 10.2 Å². The van der Waals surface area contributed by atoms with Crippen LogP contribution in [0.1, 0.15) is 60.3 Å². The van der Waals surface area contributed by atoms with Gasteiger partial charge in [0.25, 0.3) is 5.60 Å². The predicted octanol–water partition coefficient (Wildman–Crippen LogP) is 11.0. The number of benzene rings is 1. The molecule has 0 aliphatic rings. The zero-order chi connectivity index (χ0) is 29.4. The lowest BCUT2D eigenvalue weighted by molar-refractivity contribution is -0.341. The Bertz CT molecular complexity index is 1030. The molecule has 0 aliphatic carbocycles. The zero-order valence-electron chi connectivity index (χ0n) is 23.2. The van der Waals surface area contributed by atoms with E-state index in [1.807, 2.05) is 38.1 Å². The van der Waals surface area contributed by atoms with E-state index in [2.05, 4.69) is 17.1 Å². The monoisotopic (exact) mass is 611 g/mol. The first-order valence-corrected chi connectivity index (χ1v) is 17.6. The maximum atomic E-state index is 14.1. The van der Waals surface area contributed by atoms with Gasteiger partial charge in [0, 0.05) is 5.75 Å². The van der Waals surface area contributed by atoms with Crippen molar-refractivity contribution in [3.8, 4) is 0 Å². The first kappa shape index (κ1) is 33.9. The molecule has 0 N–H and O–H groups in total. The summed E-state index contributed by atoms with van der Waals surface area (Å²) in [7, 11) is -3.24. The van der Waals surface area contributed by atoms with Crippen molar-refractivity contribution >= 4 is 41.6 Å². The molecule has 39 heavy (non-hydrogen) atoms. The minimum absolute atomic E-state index is 0.0837. The number of fused-ring (bicyclic) bond motifs is 1. The number of alkyl halides is 6. The molecular weight excluding hydrogens is 573 g/mol. The predicted molar refractivity (Wildman–Crippen MR) is 154 cm³/mol. The van der Waals surface area contributed by atoms with E-state index < -0.39 is 31.7 Å². The normalized spacial score (nSPS) is 14.3. The van der Waals surface area contributed by atoms with Gasteiger partial charge in [-0.25, -0.2) is 4.98 Å². The van der Waals surface area contributed by atoms with E-state index in [4.69, 9.17) is 4.43 Å². The molecule has 0 radical (unpaired) electrons. The van der Waals surface area contributed by atoms with Crippen LogP contribution in [0, 0.1) is 5.41 Å². The van der Waals surface area contributed by atoms with Crippen LogP contribution in [0.3, 0.4) is 0 Å². The van der Waals surface area contributed by atoms with Gasteiger partial charge in [-0.1, -0.05) is 76.7 Å². The number of nitrogens with zero attached hydrogens (tertiary/aromatic N) is 1. The summed E-state index contributed by atoms with van der Waals surface area (Å²) in [6.45, 7) is 8.54. The van der Waals surface area contributed by atoms with E-state index in [0.717, 1.165) is 39.2 Å². The SMILES string of the molecule is CC[Si](CC)(CC)OC(C=CCC(C)(C)CCCC=CCSc1nc2ccccc2s1)(C(F)(F)F)C(F)(F)F. The first-order chi connectivity index (χ1) is 18.1. The highest BCUT2D eigenvalue weighted by molar-refractivity contribution is 8.01. The van der Waals surface area contributed by atoms with Gasteiger partial charge in [-0.15, -0.1) is 11.3 Å². The summed E-state index contributed by atoms with van der Waals surface area (Å²) < 4.78 is 91.7. The molecule has 220 valence electrons. The van der Waals surface area contributed by atoms with Crippen LogP contribution in [-0.2, 0) is 4.43 Å². The Morgan fingerprint density at radius 2 is 1.54 bits per heavy atom. The molecule has 2 nitrogen and oxygen atoms in total. The summed E-state index contributed by atoms with van der Waals surface area (Å²) in [6.07, 6.45) is -3.55. The number of halogens is 6. The minimum atomic E-state index is -5.61. The first-order valence-electron chi connectivity index (χ1n) is 13.3. The smallest absolute Gasteiger partial charge is 0.393 e. The van der Waals surface area contributed by atoms with Gasteiger partial charge in [-0.05, 0) is 67.4 Å². The summed E-state index contributed by atoms with van der Waals surface area (Å²) in [5.74, 6) is 0.779. The third kappa shape index (κ3) is 9.09. The standard InChI is InChI=1S/C28H39F6NOS2Si/c1-6-39(7-2,8-3)36-26(27(29,30)31,28(32,33)34)20-15-19-25(4,5)18-13-9-10-14-21-37-24-35-22-16-11-12-17-23(22)38-24/h10-12,14-17,20H,6-9,13,18-19,21H2,1-5H3. The Hall–Kier alpha value is -1.30. The molecule has 1 heterocycles. The van der Waals surface area contributed by atoms with Gasteiger partial charge >= 0.3 is 12.4 Å². The summed E-state index contributed by atoms with van der Waals surface area (Å²) in [5.41, 5.74) is -3.76. The second-order valence-corrected chi connectivity index (χ2v) is 17.5. The molecule has 0 saturated heterocycles. The summed E-state index contributed by atoms with van der Waals surface area (Å²) in [6, 6.07) is 8.51. The highest BCUT2D eigenvalue weighted by Gasteiger charge is 2.72. The van der Waals surface area contributed by atoms with Crippen molar-refractivity contribution in [2.75, 3.05) is 5.75 Å². The number of hydrogen-bond donors (Lipinski definition) is 0. The van der Waals surface area contributed by atoms with Crippen molar-refractivity contribution in [1.82, 2.24) is 4.98 Å². The topological polar surface area (TPSA) is 22.1 Å². The molecule has 0 amide bonds. The summed E-state index contributed by atoms with van der Waals surface area (Å²) >= 11 is 3.31. The largest absolute Gasteiger partial charge is 0.429 e. The molecular formula is C28H39F6NOS2Si. The van der Waals surface area contributed by atoms with Crippen LogP contribution in [0.2, 0.25) is 18.1 Å². The van der Waals surface area contributed by atoms with Crippen molar-refractivity contribution in [3.05, 3.63) is 48.6 Å². The summed E-state index contributed by atoms with van der Waals surface area (Å²) in [4.78, 5) is 4.58. The van der Waals surface area contributed by atoms with E-state index in [0.29, 0.717) is 6.42 Å². The maximum absolute atomic E-state index is 14.1. The van der Waals surface area contributed by atoms with Gasteiger partial charge < -0.3 is 4.43 Å². The second-order valence-electron chi connectivity index (χ2n) is 10.5. The number of thiazole rings is 1. The Morgan fingerprint density at radius 1 is 0.923 bits per heavy atom. The fraction of sp³-hybridized carbons (Fsp3) is 0.607. The maximum Gasteiger partial charge on any atom is 0.429 e. The molecule has 0 aliphatic heterocycles. The Kier molecular flexibility index (Phi) is 12.2. The average Bonchev–Trinajstić information content (AvgIpc) is 3.27. The minimum Gasteiger partial charge on any atom is -0.393 e. The quantitative estimate of drug-likeness (QED) is 0.0658. The van der Waals surface area contributed by atoms with Crippen LogP contribution < -0.4 is 0 Å². The number of hydrogen-bond acceptors (Lipinski definition) is 4. The Labute approximate surface area is 237 Å². The van der Waals surface area contributed by atoms with Crippen LogP contribution in [0.15, 0.2) is 52.9 Å². The fourth-order valence-electron chi connectivity index (χ4n) is 4.37. The van der Waals surface area contributed by atoms with Gasteiger partial charge in [-0.3, -0.25) is 0 Å². The van der Waals surface area contributed by atoms with E-state index in [1.165, 1.54) is 0 Å². The molecule has 2 aromatic rings. The number of para-hydroxylation sites is 1. The number of thioether (sulfide) groups is 1. The van der Waals surface area contributed by atoms with Gasteiger partial charge in [0.15, 0.2) is 12.7 Å². The molecule has 0 bridgehead atoms. The highest BCUT2D eigenvalue weighted by Crippen LogP contribution is 2.50. The van der Waals surface area contributed by atoms with Gasteiger partial charge in [0.2, 0.25) is 0 Å². The number of allylic oxidation sites excluding steroid dienone is 2. The van der Waals surface area contributed by atoms with E-state index in [9.17, 15) is 26.3 Å². The van der Waals surface area contributed by atoms with Crippen molar-refractivity contribution in [1.29, 1.82) is 0 Å². The Morgan fingerprint density at radius 3 is 2.10 bits per heavy atom. The van der Waals surface area contributed by atoms with E-state index >= 15 is 0 Å². The van der Waals surface area contributed by atoms with Crippen LogP contribution in [0.5, 0.6) is 0 Å². The lowest BCUT2D eigenvalue weighted by Gasteiger charge is -2.42. The molecule has 0 atom stereocenters. The van der Waals surface area contributed by atoms with Crippen LogP contribution in [-0.4, -0.2) is 37.0 Å². The third-order valence-corrected chi connectivity index (χ3v) is 13.9. The summed E-state index contributed by atoms with van der Waals surface area (Å²) in [5, 5.41) is 0. The van der Waals surface area contributed by atoms with Crippen LogP contribution >= 0.6 is 23.1 Å².